The Labute approximate surface area is 118 Å². The number of aliphatic carboxylic acids is 1. The fourth-order valence-corrected chi connectivity index (χ4v) is 1.69. The van der Waals surface area contributed by atoms with Gasteiger partial charge in [0.15, 0.2) is 11.9 Å². The van der Waals surface area contributed by atoms with Gasteiger partial charge in [0.1, 0.15) is 23.8 Å². The molecule has 0 aliphatic carbocycles. The van der Waals surface area contributed by atoms with Crippen LogP contribution in [0.3, 0.4) is 0 Å². The van der Waals surface area contributed by atoms with Crippen LogP contribution in [-0.2, 0) is 4.79 Å². The summed E-state index contributed by atoms with van der Waals surface area (Å²) in [5.74, 6) is -2.02. The third-order valence-electron chi connectivity index (χ3n) is 2.89. The van der Waals surface area contributed by atoms with Gasteiger partial charge in [0.05, 0.1) is 5.52 Å². The molecule has 112 valence electrons. The minimum absolute atomic E-state index is 0.294. The van der Waals surface area contributed by atoms with Gasteiger partial charge in [-0.2, -0.15) is 0 Å². The molecule has 5 N–H and O–H groups in total. The van der Waals surface area contributed by atoms with E-state index in [1.807, 2.05) is 0 Å². The van der Waals surface area contributed by atoms with E-state index < -0.39 is 30.4 Å². The van der Waals surface area contributed by atoms with E-state index in [1.165, 1.54) is 0 Å². The van der Waals surface area contributed by atoms with Crippen LogP contribution >= 0.6 is 0 Å². The van der Waals surface area contributed by atoms with Crippen LogP contribution in [0.4, 0.5) is 0 Å². The average molecular weight is 295 g/mol. The lowest BCUT2D eigenvalue weighted by Gasteiger charge is -2.23. The van der Waals surface area contributed by atoms with Crippen molar-refractivity contribution in [2.75, 3.05) is 0 Å². The van der Waals surface area contributed by atoms with Crippen molar-refractivity contribution in [3.63, 3.8) is 0 Å². The topological polar surface area (TPSA) is 157 Å². The lowest BCUT2D eigenvalue weighted by Crippen LogP contribution is -2.45. The van der Waals surface area contributed by atoms with Crippen molar-refractivity contribution in [2.45, 2.75) is 24.4 Å². The molecule has 0 aliphatic heterocycles. The molecule has 0 aliphatic rings. The van der Waals surface area contributed by atoms with E-state index in [1.54, 1.807) is 24.3 Å². The lowest BCUT2D eigenvalue weighted by atomic mass is 10.0. The van der Waals surface area contributed by atoms with Gasteiger partial charge in [0, 0.05) is 0 Å². The quantitative estimate of drug-likeness (QED) is 0.430. The van der Waals surface area contributed by atoms with E-state index in [-0.39, 0.29) is 5.82 Å². The fraction of sp³-hybridized carbons (Fsp3) is 0.333. The monoisotopic (exact) mass is 295 g/mol. The summed E-state index contributed by atoms with van der Waals surface area (Å²) in [6.07, 6.45) is -8.14. The Morgan fingerprint density at radius 2 is 1.57 bits per heavy atom. The Morgan fingerprint density at radius 1 is 0.952 bits per heavy atom. The number of carboxylic acids is 1. The predicted molar refractivity (Wildman–Crippen MR) is 67.9 cm³/mol. The third kappa shape index (κ3) is 3.11. The maximum absolute atomic E-state index is 10.5. The second-order valence-corrected chi connectivity index (χ2v) is 4.37. The minimum Gasteiger partial charge on any atom is -0.479 e. The van der Waals surface area contributed by atoms with Crippen LogP contribution in [0.25, 0.3) is 11.0 Å². The molecule has 0 saturated heterocycles. The molecule has 9 nitrogen and oxygen atoms in total. The van der Waals surface area contributed by atoms with Crippen molar-refractivity contribution in [3.8, 4) is 0 Å². The molecule has 2 rings (SSSR count). The molecule has 0 saturated carbocycles. The van der Waals surface area contributed by atoms with Gasteiger partial charge in [0.25, 0.3) is 0 Å². The molecule has 21 heavy (non-hydrogen) atoms. The second kappa shape index (κ2) is 6.06. The first-order valence-corrected chi connectivity index (χ1v) is 5.96. The molecule has 4 atom stereocenters. The summed E-state index contributed by atoms with van der Waals surface area (Å²) < 4.78 is 0. The highest BCUT2D eigenvalue weighted by Crippen LogP contribution is 2.18. The van der Waals surface area contributed by atoms with E-state index >= 15 is 0 Å². The zero-order valence-corrected chi connectivity index (χ0v) is 10.6. The average Bonchev–Trinajstić information content (AvgIpc) is 2.51. The molecule has 0 spiro atoms. The van der Waals surface area contributed by atoms with E-state index in [0.717, 1.165) is 0 Å². The second-order valence-electron chi connectivity index (χ2n) is 4.37. The first kappa shape index (κ1) is 15.2. The van der Waals surface area contributed by atoms with Crippen LogP contribution in [0.1, 0.15) is 11.9 Å². The third-order valence-corrected chi connectivity index (χ3v) is 2.89. The van der Waals surface area contributed by atoms with Crippen LogP contribution in [0.2, 0.25) is 0 Å². The van der Waals surface area contributed by atoms with E-state index in [4.69, 9.17) is 10.2 Å². The molecular weight excluding hydrogens is 282 g/mol. The Bertz CT molecular complexity index is 652. The van der Waals surface area contributed by atoms with E-state index in [0.29, 0.717) is 11.0 Å². The number of benzene rings is 1. The van der Waals surface area contributed by atoms with Gasteiger partial charge in [-0.3, -0.25) is 0 Å². The number of carbonyl (C=O) groups is 1. The molecule has 0 fully saturated rings. The summed E-state index contributed by atoms with van der Waals surface area (Å²) in [6.45, 7) is 0. The van der Waals surface area contributed by atoms with Crippen molar-refractivity contribution in [1.29, 1.82) is 0 Å². The number of aliphatic hydroxyl groups is 4. The van der Waals surface area contributed by atoms with Crippen LogP contribution < -0.4 is 0 Å². The standard InChI is InChI=1S/C12H13N3O6/c16-7(8(17)10(19)12(20)21)9(18)11-13-5-3-1-2-4-6(5)14-15-11/h1-4,7-10,16-19H,(H,20,21)/t7-,8+,9+,10-/m0/s1. The highest BCUT2D eigenvalue weighted by atomic mass is 16.4. The summed E-state index contributed by atoms with van der Waals surface area (Å²) in [4.78, 5) is 14.5. The number of aromatic nitrogens is 3. The van der Waals surface area contributed by atoms with Crippen molar-refractivity contribution in [1.82, 2.24) is 15.2 Å². The zero-order chi connectivity index (χ0) is 15.6. The van der Waals surface area contributed by atoms with E-state index in [2.05, 4.69) is 15.2 Å². The molecule has 1 aromatic carbocycles. The molecule has 0 amide bonds. The summed E-state index contributed by atoms with van der Waals surface area (Å²) in [6, 6.07) is 6.66. The molecule has 1 aromatic heterocycles. The lowest BCUT2D eigenvalue weighted by molar-refractivity contribution is -0.163. The zero-order valence-electron chi connectivity index (χ0n) is 10.6. The maximum Gasteiger partial charge on any atom is 0.335 e. The number of carboxylic acid groups (broad SMARTS) is 1. The molecule has 1 heterocycles. The number of fused-ring (bicyclic) bond motifs is 1. The summed E-state index contributed by atoms with van der Waals surface area (Å²) in [5.41, 5.74) is 0.871. The highest BCUT2D eigenvalue weighted by Gasteiger charge is 2.36. The van der Waals surface area contributed by atoms with Crippen LogP contribution in [-0.4, -0.2) is 65.0 Å². The van der Waals surface area contributed by atoms with Gasteiger partial charge >= 0.3 is 5.97 Å². The van der Waals surface area contributed by atoms with Gasteiger partial charge in [-0.25, -0.2) is 9.78 Å². The van der Waals surface area contributed by atoms with Gasteiger partial charge in [-0.05, 0) is 12.1 Å². The Hall–Kier alpha value is -2.20. The first-order valence-electron chi connectivity index (χ1n) is 5.96. The maximum atomic E-state index is 10.5. The number of nitrogens with zero attached hydrogens (tertiary/aromatic N) is 3. The summed E-state index contributed by atoms with van der Waals surface area (Å²) >= 11 is 0. The van der Waals surface area contributed by atoms with Gasteiger partial charge < -0.3 is 25.5 Å². The van der Waals surface area contributed by atoms with Crippen molar-refractivity contribution >= 4 is 17.0 Å². The molecular formula is C12H13N3O6. The summed E-state index contributed by atoms with van der Waals surface area (Å²) in [7, 11) is 0. The van der Waals surface area contributed by atoms with Gasteiger partial charge in [-0.1, -0.05) is 12.1 Å². The highest BCUT2D eigenvalue weighted by molar-refractivity contribution is 5.73. The predicted octanol–water partition coefficient (Wildman–Crippen LogP) is -1.77. The fourth-order valence-electron chi connectivity index (χ4n) is 1.69. The Kier molecular flexibility index (Phi) is 4.38. The smallest absolute Gasteiger partial charge is 0.335 e. The Morgan fingerprint density at radius 3 is 2.19 bits per heavy atom. The molecule has 0 radical (unpaired) electrons. The van der Waals surface area contributed by atoms with Gasteiger partial charge in [-0.15, -0.1) is 10.2 Å². The largest absolute Gasteiger partial charge is 0.479 e. The number of hydrogen-bond acceptors (Lipinski definition) is 8. The SMILES string of the molecule is O=C(O)[C@@H](O)[C@H](O)[C@H](O)[C@@H](O)c1nnc2ccccc2n1. The Balaban J connectivity index is 2.24. The van der Waals surface area contributed by atoms with E-state index in [9.17, 15) is 20.1 Å². The minimum atomic E-state index is -2.25. The molecule has 0 bridgehead atoms. The van der Waals surface area contributed by atoms with Crippen molar-refractivity contribution in [2.24, 2.45) is 0 Å². The van der Waals surface area contributed by atoms with Crippen molar-refractivity contribution in [3.05, 3.63) is 30.1 Å². The molecule has 0 unspecified atom stereocenters. The number of aliphatic hydroxyl groups excluding tert-OH is 4. The molecule has 2 aromatic rings. The summed E-state index contributed by atoms with van der Waals surface area (Å²) in [5, 5.41) is 54.1. The molecule has 9 heteroatoms. The number of rotatable bonds is 5. The van der Waals surface area contributed by atoms with Crippen LogP contribution in [0.5, 0.6) is 0 Å². The number of hydrogen-bond donors (Lipinski definition) is 5. The van der Waals surface area contributed by atoms with Crippen LogP contribution in [0, 0.1) is 0 Å². The number of para-hydroxylation sites is 1. The van der Waals surface area contributed by atoms with Crippen molar-refractivity contribution < 1.29 is 30.3 Å². The van der Waals surface area contributed by atoms with Gasteiger partial charge in [0.2, 0.25) is 0 Å². The first-order chi connectivity index (χ1) is 9.91. The van der Waals surface area contributed by atoms with Crippen LogP contribution in [0.15, 0.2) is 24.3 Å². The normalized spacial score (nSPS) is 17.1.